The van der Waals surface area contributed by atoms with E-state index in [2.05, 4.69) is 20.7 Å². The van der Waals surface area contributed by atoms with Crippen molar-refractivity contribution in [2.24, 2.45) is 5.92 Å². The molecule has 126 valence electrons. The number of carbonyl (C=O) groups is 2. The highest BCUT2D eigenvalue weighted by molar-refractivity contribution is 5.98. The minimum atomic E-state index is -4.58. The summed E-state index contributed by atoms with van der Waals surface area (Å²) in [6, 6.07) is 4.67. The number of carbonyl (C=O) groups excluding carboxylic acids is 2. The molecule has 1 atom stereocenters. The fraction of sp³-hybridized carbons (Fsp3) is 0.286. The molecule has 24 heavy (non-hydrogen) atoms. The van der Waals surface area contributed by atoms with Gasteiger partial charge in [-0.15, -0.1) is 0 Å². The summed E-state index contributed by atoms with van der Waals surface area (Å²) in [6.07, 6.45) is -3.59. The molecule has 7 nitrogen and oxygen atoms in total. The zero-order valence-corrected chi connectivity index (χ0v) is 12.2. The molecular formula is C14H12F3N5O2. The summed E-state index contributed by atoms with van der Waals surface area (Å²) < 4.78 is 40.2. The quantitative estimate of drug-likeness (QED) is 0.894. The summed E-state index contributed by atoms with van der Waals surface area (Å²) >= 11 is 0. The van der Waals surface area contributed by atoms with Gasteiger partial charge in [-0.2, -0.15) is 23.3 Å². The monoisotopic (exact) mass is 339 g/mol. The van der Waals surface area contributed by atoms with Gasteiger partial charge < -0.3 is 5.32 Å². The maximum absolute atomic E-state index is 12.9. The highest BCUT2D eigenvalue weighted by atomic mass is 19.4. The number of nitrogens with one attached hydrogen (secondary N) is 2. The Morgan fingerprint density at radius 1 is 1.38 bits per heavy atom. The molecule has 0 saturated carbocycles. The van der Waals surface area contributed by atoms with E-state index in [9.17, 15) is 22.8 Å². The zero-order chi connectivity index (χ0) is 17.3. The number of nitrogens with zero attached hydrogens (tertiary/aromatic N) is 3. The van der Waals surface area contributed by atoms with Crippen LogP contribution in [0.25, 0.3) is 0 Å². The highest BCUT2D eigenvalue weighted by Crippen LogP contribution is 2.34. The molecule has 0 fully saturated rings. The third-order valence-corrected chi connectivity index (χ3v) is 3.55. The number of halogens is 3. The van der Waals surface area contributed by atoms with Gasteiger partial charge in [-0.25, -0.2) is 4.68 Å². The van der Waals surface area contributed by atoms with Gasteiger partial charge in [-0.1, -0.05) is 12.1 Å². The number of alkyl halides is 3. The van der Waals surface area contributed by atoms with E-state index in [0.717, 1.165) is 12.1 Å². The van der Waals surface area contributed by atoms with Crippen molar-refractivity contribution in [1.29, 1.82) is 0 Å². The van der Waals surface area contributed by atoms with Gasteiger partial charge in [0.05, 0.1) is 23.7 Å². The number of hydrogen-bond acceptors (Lipinski definition) is 4. The van der Waals surface area contributed by atoms with Crippen molar-refractivity contribution in [3.8, 4) is 0 Å². The van der Waals surface area contributed by atoms with E-state index in [1.165, 1.54) is 23.1 Å². The molecule has 1 aliphatic rings. The summed E-state index contributed by atoms with van der Waals surface area (Å²) in [4.78, 5) is 27.8. The van der Waals surface area contributed by atoms with Crippen molar-refractivity contribution in [3.05, 3.63) is 36.2 Å². The van der Waals surface area contributed by atoms with Crippen LogP contribution in [0.1, 0.15) is 12.0 Å². The predicted octanol–water partition coefficient (Wildman–Crippen LogP) is 1.89. The molecule has 0 radical (unpaired) electrons. The number of rotatable bonds is 3. The van der Waals surface area contributed by atoms with Crippen molar-refractivity contribution in [3.63, 3.8) is 0 Å². The summed E-state index contributed by atoms with van der Waals surface area (Å²) in [5.74, 6) is -1.57. The normalized spacial score (nSPS) is 17.1. The molecule has 3 rings (SSSR count). The average molecular weight is 339 g/mol. The Hall–Kier alpha value is -2.91. The van der Waals surface area contributed by atoms with Crippen LogP contribution in [0, 0.1) is 5.92 Å². The van der Waals surface area contributed by atoms with E-state index in [0.29, 0.717) is 0 Å². The van der Waals surface area contributed by atoms with Gasteiger partial charge in [-0.3, -0.25) is 14.9 Å². The van der Waals surface area contributed by atoms with E-state index in [-0.39, 0.29) is 24.6 Å². The lowest BCUT2D eigenvalue weighted by Gasteiger charge is -2.22. The second kappa shape index (κ2) is 5.95. The standard InChI is InChI=1S/C14H12F3N5O2/c15-14(16,17)9-3-1-2-4-10(9)20-11(23)5-8-6-22-13(18-7-19-22)21-12(8)24/h1-4,7-8H,5-6H2,(H,20,23)(H,18,19,21,24). The van der Waals surface area contributed by atoms with Crippen LogP contribution in [0.2, 0.25) is 0 Å². The largest absolute Gasteiger partial charge is 0.418 e. The maximum Gasteiger partial charge on any atom is 0.418 e. The van der Waals surface area contributed by atoms with Crippen LogP contribution in [0.5, 0.6) is 0 Å². The molecule has 1 aromatic heterocycles. The molecule has 2 aromatic rings. The van der Waals surface area contributed by atoms with Gasteiger partial charge in [0.2, 0.25) is 17.8 Å². The Labute approximate surface area is 133 Å². The lowest BCUT2D eigenvalue weighted by Crippen LogP contribution is -2.36. The highest BCUT2D eigenvalue weighted by Gasteiger charge is 2.34. The van der Waals surface area contributed by atoms with Gasteiger partial charge in [0.25, 0.3) is 0 Å². The topological polar surface area (TPSA) is 88.9 Å². The predicted molar refractivity (Wildman–Crippen MR) is 76.8 cm³/mol. The van der Waals surface area contributed by atoms with Gasteiger partial charge in [-0.05, 0) is 12.1 Å². The molecule has 1 aromatic carbocycles. The van der Waals surface area contributed by atoms with E-state index < -0.39 is 29.5 Å². The molecule has 10 heteroatoms. The first kappa shape index (κ1) is 16.0. The number of benzene rings is 1. The first-order valence-corrected chi connectivity index (χ1v) is 6.99. The number of anilines is 2. The number of amides is 2. The minimum Gasteiger partial charge on any atom is -0.325 e. The lowest BCUT2D eigenvalue weighted by atomic mass is 10.0. The third-order valence-electron chi connectivity index (χ3n) is 3.55. The third kappa shape index (κ3) is 3.21. The van der Waals surface area contributed by atoms with E-state index >= 15 is 0 Å². The van der Waals surface area contributed by atoms with Crippen LogP contribution in [-0.2, 0) is 22.3 Å². The number of para-hydroxylation sites is 1. The van der Waals surface area contributed by atoms with Crippen molar-refractivity contribution < 1.29 is 22.8 Å². The molecule has 2 amide bonds. The fourth-order valence-corrected chi connectivity index (χ4v) is 2.42. The Morgan fingerprint density at radius 3 is 2.88 bits per heavy atom. The van der Waals surface area contributed by atoms with Crippen LogP contribution in [0.3, 0.4) is 0 Å². The molecule has 1 aliphatic heterocycles. The average Bonchev–Trinajstić information content (AvgIpc) is 2.94. The van der Waals surface area contributed by atoms with E-state index in [1.807, 2.05) is 0 Å². The number of hydrogen-bond donors (Lipinski definition) is 2. The van der Waals surface area contributed by atoms with Gasteiger partial charge in [0, 0.05) is 6.42 Å². The molecule has 2 N–H and O–H groups in total. The second-order valence-corrected chi connectivity index (χ2v) is 5.25. The van der Waals surface area contributed by atoms with Gasteiger partial charge in [0.1, 0.15) is 6.33 Å². The Morgan fingerprint density at radius 2 is 2.12 bits per heavy atom. The van der Waals surface area contributed by atoms with E-state index in [4.69, 9.17) is 0 Å². The van der Waals surface area contributed by atoms with Crippen LogP contribution in [0.15, 0.2) is 30.6 Å². The zero-order valence-electron chi connectivity index (χ0n) is 12.2. The molecule has 0 saturated heterocycles. The molecule has 0 aliphatic carbocycles. The van der Waals surface area contributed by atoms with Crippen molar-refractivity contribution in [2.45, 2.75) is 19.1 Å². The smallest absolute Gasteiger partial charge is 0.325 e. The Kier molecular flexibility index (Phi) is 3.96. The van der Waals surface area contributed by atoms with Crippen LogP contribution in [0.4, 0.5) is 24.8 Å². The SMILES string of the molecule is O=C(CC1Cn2ncnc2NC1=O)Nc1ccccc1C(F)(F)F. The van der Waals surface area contributed by atoms with Crippen molar-refractivity contribution in [1.82, 2.24) is 14.8 Å². The van der Waals surface area contributed by atoms with Gasteiger partial charge in [0.15, 0.2) is 0 Å². The second-order valence-electron chi connectivity index (χ2n) is 5.25. The molecule has 0 spiro atoms. The van der Waals surface area contributed by atoms with Crippen molar-refractivity contribution in [2.75, 3.05) is 10.6 Å². The summed E-state index contributed by atoms with van der Waals surface area (Å²) in [5, 5.41) is 8.59. The Bertz CT molecular complexity index is 787. The summed E-state index contributed by atoms with van der Waals surface area (Å²) in [7, 11) is 0. The molecule has 2 heterocycles. The molecule has 1 unspecified atom stereocenters. The van der Waals surface area contributed by atoms with Crippen LogP contribution in [-0.4, -0.2) is 26.6 Å². The first-order chi connectivity index (χ1) is 11.3. The van der Waals surface area contributed by atoms with E-state index in [1.54, 1.807) is 0 Å². The maximum atomic E-state index is 12.9. The van der Waals surface area contributed by atoms with Gasteiger partial charge >= 0.3 is 6.18 Å². The number of fused-ring (bicyclic) bond motifs is 1. The first-order valence-electron chi connectivity index (χ1n) is 6.99. The molecule has 0 bridgehead atoms. The Balaban J connectivity index is 1.70. The molecular weight excluding hydrogens is 327 g/mol. The summed E-state index contributed by atoms with van der Waals surface area (Å²) in [6.45, 7) is 0.134. The number of aromatic nitrogens is 3. The van der Waals surface area contributed by atoms with Crippen LogP contribution < -0.4 is 10.6 Å². The van der Waals surface area contributed by atoms with Crippen molar-refractivity contribution >= 4 is 23.5 Å². The van der Waals surface area contributed by atoms with Crippen LogP contribution >= 0.6 is 0 Å². The summed E-state index contributed by atoms with van der Waals surface area (Å²) in [5.41, 5.74) is -1.28. The fourth-order valence-electron chi connectivity index (χ4n) is 2.42. The minimum absolute atomic E-state index is 0.134. The lowest BCUT2D eigenvalue weighted by molar-refractivity contribution is -0.137.